The summed E-state index contributed by atoms with van der Waals surface area (Å²) >= 11 is 0. The first-order valence-electron chi connectivity index (χ1n) is 12.8. The normalized spacial score (nSPS) is 16.1. The predicted molar refractivity (Wildman–Crippen MR) is 148 cm³/mol. The summed E-state index contributed by atoms with van der Waals surface area (Å²) in [7, 11) is 2.85. The van der Waals surface area contributed by atoms with Gasteiger partial charge in [-0.2, -0.15) is 0 Å². The average Bonchev–Trinajstić information content (AvgIpc) is 2.97. The molecule has 42 heavy (non-hydrogen) atoms. The Morgan fingerprint density at radius 1 is 1.07 bits per heavy atom. The highest BCUT2D eigenvalue weighted by atomic mass is 19.3. The topological polar surface area (TPSA) is 85.8 Å². The lowest BCUT2D eigenvalue weighted by atomic mass is 10.0. The minimum absolute atomic E-state index is 0.00951. The zero-order valence-electron chi connectivity index (χ0n) is 22.7. The second-order valence-electron chi connectivity index (χ2n) is 9.51. The number of piperidine rings is 1. The molecular weight excluding hydrogens is 556 g/mol. The van der Waals surface area contributed by atoms with E-state index in [1.54, 1.807) is 24.3 Å². The maximum Gasteiger partial charge on any atom is 0.287 e. The molecule has 1 aromatic heterocycles. The van der Waals surface area contributed by atoms with E-state index in [1.807, 2.05) is 0 Å². The molecule has 1 N–H and O–H groups in total. The number of ether oxygens (including phenoxy) is 3. The Morgan fingerprint density at radius 2 is 1.88 bits per heavy atom. The minimum atomic E-state index is -3.24. The number of fused-ring (bicyclic) bond motifs is 1. The Kier molecular flexibility index (Phi) is 7.88. The number of halogens is 4. The van der Waals surface area contributed by atoms with Gasteiger partial charge in [-0.05, 0) is 35.9 Å². The number of alkyl halides is 2. The maximum absolute atomic E-state index is 15.0. The van der Waals surface area contributed by atoms with Crippen LogP contribution in [0.5, 0.6) is 17.2 Å². The van der Waals surface area contributed by atoms with Crippen LogP contribution >= 0.6 is 0 Å². The Balaban J connectivity index is 1.58. The molecule has 2 heterocycles. The summed E-state index contributed by atoms with van der Waals surface area (Å²) in [6.45, 7) is 2.93. The number of rotatable bonds is 8. The molecule has 1 saturated heterocycles. The maximum atomic E-state index is 15.0. The van der Waals surface area contributed by atoms with Gasteiger partial charge in [-0.15, -0.1) is 0 Å². The van der Waals surface area contributed by atoms with Crippen molar-refractivity contribution in [1.29, 1.82) is 0 Å². The van der Waals surface area contributed by atoms with Crippen molar-refractivity contribution >= 4 is 28.3 Å². The first kappa shape index (κ1) is 28.7. The molecule has 3 aromatic carbocycles. The average molecular weight is 583 g/mol. The summed E-state index contributed by atoms with van der Waals surface area (Å²) < 4.78 is 74.9. The SMILES string of the molecule is C=CC(=O)N1CCC(F)(F)C(Oc2cc(OC)cc3ncnc(Nc4cc(-c5ccc(F)cc5F)ccc4OC)c23)C1. The number of nitrogens with one attached hydrogen (secondary N) is 1. The molecule has 8 nitrogen and oxygen atoms in total. The Bertz CT molecular complexity index is 1670. The van der Waals surface area contributed by atoms with E-state index in [9.17, 15) is 13.6 Å². The molecule has 1 unspecified atom stereocenters. The van der Waals surface area contributed by atoms with E-state index >= 15 is 8.78 Å². The van der Waals surface area contributed by atoms with Crippen molar-refractivity contribution < 1.29 is 36.6 Å². The third-order valence-corrected chi connectivity index (χ3v) is 6.93. The van der Waals surface area contributed by atoms with Crippen molar-refractivity contribution in [2.24, 2.45) is 0 Å². The number of carbonyl (C=O) groups is 1. The van der Waals surface area contributed by atoms with Gasteiger partial charge in [0.15, 0.2) is 6.10 Å². The molecule has 0 bridgehead atoms. The molecule has 12 heteroatoms. The fourth-order valence-electron chi connectivity index (χ4n) is 4.74. The molecule has 218 valence electrons. The smallest absolute Gasteiger partial charge is 0.287 e. The fourth-order valence-corrected chi connectivity index (χ4v) is 4.74. The van der Waals surface area contributed by atoms with Crippen LogP contribution in [-0.4, -0.2) is 60.1 Å². The zero-order chi connectivity index (χ0) is 30.0. The van der Waals surface area contributed by atoms with Gasteiger partial charge in [0.1, 0.15) is 41.0 Å². The lowest BCUT2D eigenvalue weighted by Gasteiger charge is -2.38. The lowest BCUT2D eigenvalue weighted by molar-refractivity contribution is -0.152. The third-order valence-electron chi connectivity index (χ3n) is 6.93. The third kappa shape index (κ3) is 5.65. The Labute approximate surface area is 238 Å². The number of hydrogen-bond acceptors (Lipinski definition) is 7. The van der Waals surface area contributed by atoms with Crippen molar-refractivity contribution in [1.82, 2.24) is 14.9 Å². The quantitative estimate of drug-likeness (QED) is 0.197. The summed E-state index contributed by atoms with van der Waals surface area (Å²) in [4.78, 5) is 22.0. The van der Waals surface area contributed by atoms with E-state index in [1.165, 1.54) is 37.6 Å². The number of nitrogens with zero attached hydrogens (tertiary/aromatic N) is 3. The van der Waals surface area contributed by atoms with E-state index in [4.69, 9.17) is 14.2 Å². The molecule has 1 aliphatic heterocycles. The summed E-state index contributed by atoms with van der Waals surface area (Å²) in [5, 5.41) is 3.37. The molecule has 1 aliphatic rings. The Morgan fingerprint density at radius 3 is 2.60 bits per heavy atom. The first-order chi connectivity index (χ1) is 20.1. The standard InChI is InChI=1S/C30H26F4N4O4/c1-4-27(39)38-10-9-30(33,34)26(15-38)42-25-14-19(40-2)13-23-28(25)29(36-16-35-23)37-22-11-17(5-8-24(22)41-3)20-7-6-18(31)12-21(20)32/h4-8,11-14,16,26H,1,9-10,15H2,2-3H3,(H,35,36,37). The van der Waals surface area contributed by atoms with Gasteiger partial charge in [0.05, 0.1) is 37.4 Å². The molecule has 1 atom stereocenters. The number of hydrogen-bond donors (Lipinski definition) is 1. The molecule has 0 spiro atoms. The molecule has 0 aliphatic carbocycles. The molecule has 4 aromatic rings. The summed E-state index contributed by atoms with van der Waals surface area (Å²) in [5.74, 6) is -4.36. The van der Waals surface area contributed by atoms with Gasteiger partial charge in [0, 0.05) is 36.7 Å². The predicted octanol–water partition coefficient (Wildman–Crippen LogP) is 6.14. The van der Waals surface area contributed by atoms with Crippen LogP contribution in [0.1, 0.15) is 6.42 Å². The van der Waals surface area contributed by atoms with Crippen LogP contribution in [-0.2, 0) is 4.79 Å². The molecule has 1 fully saturated rings. The first-order valence-corrected chi connectivity index (χ1v) is 12.8. The van der Waals surface area contributed by atoms with Gasteiger partial charge in [-0.3, -0.25) is 4.79 Å². The van der Waals surface area contributed by atoms with Gasteiger partial charge in [-0.1, -0.05) is 12.6 Å². The van der Waals surface area contributed by atoms with Crippen LogP contribution < -0.4 is 19.5 Å². The highest BCUT2D eigenvalue weighted by Crippen LogP contribution is 2.41. The van der Waals surface area contributed by atoms with Gasteiger partial charge in [-0.25, -0.2) is 27.5 Å². The number of carbonyl (C=O) groups excluding carboxylic acids is 1. The van der Waals surface area contributed by atoms with Gasteiger partial charge in [0.2, 0.25) is 5.91 Å². The van der Waals surface area contributed by atoms with Crippen molar-refractivity contribution in [3.05, 3.63) is 79.1 Å². The van der Waals surface area contributed by atoms with Crippen LogP contribution in [0.15, 0.2) is 67.5 Å². The van der Waals surface area contributed by atoms with Gasteiger partial charge >= 0.3 is 0 Å². The van der Waals surface area contributed by atoms with Crippen LogP contribution in [0.2, 0.25) is 0 Å². The van der Waals surface area contributed by atoms with E-state index in [-0.39, 0.29) is 35.6 Å². The van der Waals surface area contributed by atoms with Crippen LogP contribution in [0.3, 0.4) is 0 Å². The van der Waals surface area contributed by atoms with E-state index in [0.717, 1.165) is 18.2 Å². The summed E-state index contributed by atoms with van der Waals surface area (Å²) in [6, 6.07) is 11.1. The minimum Gasteiger partial charge on any atom is -0.497 e. The lowest BCUT2D eigenvalue weighted by Crippen LogP contribution is -2.54. The molecule has 1 amide bonds. The molecule has 5 rings (SSSR count). The number of aromatic nitrogens is 2. The monoisotopic (exact) mass is 582 g/mol. The summed E-state index contributed by atoms with van der Waals surface area (Å²) in [6.07, 6.45) is 0.0584. The van der Waals surface area contributed by atoms with Crippen molar-refractivity contribution in [3.8, 4) is 28.4 Å². The fraction of sp³-hybridized carbons (Fsp3) is 0.233. The molecule has 0 saturated carbocycles. The van der Waals surface area contributed by atoms with Crippen LogP contribution in [0.4, 0.5) is 29.1 Å². The van der Waals surface area contributed by atoms with Crippen LogP contribution in [0.25, 0.3) is 22.0 Å². The number of anilines is 2. The van der Waals surface area contributed by atoms with Crippen molar-refractivity contribution in [2.75, 3.05) is 32.6 Å². The molecular formula is C30H26F4N4O4. The molecule has 0 radical (unpaired) electrons. The van der Waals surface area contributed by atoms with Gasteiger partial charge < -0.3 is 24.4 Å². The number of amides is 1. The van der Waals surface area contributed by atoms with Gasteiger partial charge in [0.25, 0.3) is 5.92 Å². The summed E-state index contributed by atoms with van der Waals surface area (Å²) in [5.41, 5.74) is 1.24. The highest BCUT2D eigenvalue weighted by Gasteiger charge is 2.47. The number of methoxy groups -OCH3 is 2. The largest absolute Gasteiger partial charge is 0.497 e. The van der Waals surface area contributed by atoms with E-state index < -0.39 is 36.0 Å². The highest BCUT2D eigenvalue weighted by molar-refractivity contribution is 5.97. The van der Waals surface area contributed by atoms with Crippen molar-refractivity contribution in [2.45, 2.75) is 18.4 Å². The second kappa shape index (κ2) is 11.6. The van der Waals surface area contributed by atoms with Crippen molar-refractivity contribution in [3.63, 3.8) is 0 Å². The zero-order valence-corrected chi connectivity index (χ0v) is 22.7. The number of likely N-dealkylation sites (tertiary alicyclic amines) is 1. The Hall–Kier alpha value is -4.87. The van der Waals surface area contributed by atoms with Crippen LogP contribution in [0, 0.1) is 11.6 Å². The second-order valence-corrected chi connectivity index (χ2v) is 9.51. The number of benzene rings is 3. The van der Waals surface area contributed by atoms with E-state index in [0.29, 0.717) is 28.3 Å². The van der Waals surface area contributed by atoms with E-state index in [2.05, 4.69) is 21.9 Å².